The Morgan fingerprint density at radius 2 is 2.30 bits per heavy atom. The smallest absolute Gasteiger partial charge is 0.257 e. The van der Waals surface area contributed by atoms with Crippen LogP contribution in [-0.2, 0) is 0 Å². The Morgan fingerprint density at radius 3 is 2.95 bits per heavy atom. The monoisotopic (exact) mass is 278 g/mol. The Morgan fingerprint density at radius 1 is 1.50 bits per heavy atom. The van der Waals surface area contributed by atoms with Crippen molar-refractivity contribution in [3.63, 3.8) is 0 Å². The van der Waals surface area contributed by atoms with Crippen LogP contribution in [-0.4, -0.2) is 30.3 Å². The normalized spacial score (nSPS) is 21.7. The van der Waals surface area contributed by atoms with Gasteiger partial charge in [-0.1, -0.05) is 6.07 Å². The minimum atomic E-state index is -0.224. The fraction of sp³-hybridized carbons (Fsp3) is 0.533. The summed E-state index contributed by atoms with van der Waals surface area (Å²) in [7, 11) is 0. The minimum Gasteiger partial charge on any atom is -0.493 e. The maximum atomic E-state index is 12.3. The van der Waals surface area contributed by atoms with Gasteiger partial charge in [-0.15, -0.1) is 0 Å². The number of benzene rings is 1. The fourth-order valence-corrected chi connectivity index (χ4v) is 2.63. The second kappa shape index (κ2) is 6.61. The van der Waals surface area contributed by atoms with Gasteiger partial charge in [0, 0.05) is 12.2 Å². The Balaban J connectivity index is 2.01. The van der Waals surface area contributed by atoms with Gasteiger partial charge in [0.1, 0.15) is 11.3 Å². The molecule has 0 aliphatic heterocycles. The van der Waals surface area contributed by atoms with Crippen LogP contribution in [0.15, 0.2) is 18.2 Å². The SMILES string of the molecule is CCOc1cccc(N)c1C(=O)NCC1CCC(O)C1. The Labute approximate surface area is 119 Å². The molecule has 1 saturated carbocycles. The summed E-state index contributed by atoms with van der Waals surface area (Å²) in [5.41, 5.74) is 6.69. The minimum absolute atomic E-state index is 0.215. The van der Waals surface area contributed by atoms with Crippen molar-refractivity contribution in [3.8, 4) is 5.75 Å². The van der Waals surface area contributed by atoms with Crippen molar-refractivity contribution in [2.45, 2.75) is 32.3 Å². The third-order valence-electron chi connectivity index (χ3n) is 3.65. The zero-order chi connectivity index (χ0) is 14.5. The number of hydrogen-bond donors (Lipinski definition) is 3. The van der Waals surface area contributed by atoms with Gasteiger partial charge in [0.25, 0.3) is 5.91 Å². The number of carbonyl (C=O) groups excluding carboxylic acids is 1. The third-order valence-corrected chi connectivity index (χ3v) is 3.65. The zero-order valence-electron chi connectivity index (χ0n) is 11.8. The highest BCUT2D eigenvalue weighted by Crippen LogP contribution is 2.26. The van der Waals surface area contributed by atoms with Gasteiger partial charge in [0.15, 0.2) is 0 Å². The van der Waals surface area contributed by atoms with E-state index in [-0.39, 0.29) is 12.0 Å². The van der Waals surface area contributed by atoms with E-state index >= 15 is 0 Å². The van der Waals surface area contributed by atoms with Crippen molar-refractivity contribution >= 4 is 11.6 Å². The molecule has 1 aliphatic rings. The number of nitrogens with one attached hydrogen (secondary N) is 1. The lowest BCUT2D eigenvalue weighted by Crippen LogP contribution is -2.29. The summed E-state index contributed by atoms with van der Waals surface area (Å²) in [4.78, 5) is 12.3. The molecular formula is C15H22N2O3. The van der Waals surface area contributed by atoms with Crippen LogP contribution in [0.2, 0.25) is 0 Å². The topological polar surface area (TPSA) is 84.6 Å². The van der Waals surface area contributed by atoms with Crippen LogP contribution in [0, 0.1) is 5.92 Å². The molecule has 2 rings (SSSR count). The molecular weight excluding hydrogens is 256 g/mol. The number of hydrogen-bond acceptors (Lipinski definition) is 4. The Hall–Kier alpha value is -1.75. The van der Waals surface area contributed by atoms with Crippen molar-refractivity contribution < 1.29 is 14.6 Å². The first-order chi connectivity index (χ1) is 9.61. The third kappa shape index (κ3) is 3.42. The number of aliphatic hydroxyl groups excluding tert-OH is 1. The van der Waals surface area contributed by atoms with Crippen molar-refractivity contribution in [1.29, 1.82) is 0 Å². The number of carbonyl (C=O) groups is 1. The van der Waals surface area contributed by atoms with E-state index in [0.29, 0.717) is 36.1 Å². The number of amides is 1. The van der Waals surface area contributed by atoms with Gasteiger partial charge in [0.05, 0.1) is 12.7 Å². The van der Waals surface area contributed by atoms with Crippen molar-refractivity contribution in [1.82, 2.24) is 5.32 Å². The molecule has 5 heteroatoms. The van der Waals surface area contributed by atoms with Gasteiger partial charge in [-0.3, -0.25) is 4.79 Å². The van der Waals surface area contributed by atoms with Crippen LogP contribution in [0.25, 0.3) is 0 Å². The average Bonchev–Trinajstić information content (AvgIpc) is 2.82. The molecule has 0 saturated heterocycles. The summed E-state index contributed by atoms with van der Waals surface area (Å²) in [6.45, 7) is 2.92. The molecule has 0 spiro atoms. The highest BCUT2D eigenvalue weighted by Gasteiger charge is 2.24. The summed E-state index contributed by atoms with van der Waals surface area (Å²) in [5.74, 6) is 0.638. The number of nitrogens with two attached hydrogens (primary N) is 1. The molecule has 5 nitrogen and oxygen atoms in total. The molecule has 1 aromatic rings. The van der Waals surface area contributed by atoms with Crippen LogP contribution in [0.3, 0.4) is 0 Å². The summed E-state index contributed by atoms with van der Waals surface area (Å²) in [6, 6.07) is 5.20. The van der Waals surface area contributed by atoms with Gasteiger partial charge >= 0.3 is 0 Å². The van der Waals surface area contributed by atoms with E-state index in [0.717, 1.165) is 19.3 Å². The Kier molecular flexibility index (Phi) is 4.84. The fourth-order valence-electron chi connectivity index (χ4n) is 2.63. The number of ether oxygens (including phenoxy) is 1. The average molecular weight is 278 g/mol. The Bertz CT molecular complexity index is 476. The lowest BCUT2D eigenvalue weighted by atomic mass is 10.1. The molecule has 0 aromatic heterocycles. The predicted octanol–water partition coefficient (Wildman–Crippen LogP) is 1.56. The lowest BCUT2D eigenvalue weighted by molar-refractivity contribution is 0.0942. The standard InChI is InChI=1S/C15H22N2O3/c1-2-20-13-5-3-4-12(16)14(13)15(19)17-9-10-6-7-11(18)8-10/h3-5,10-11,18H,2,6-9,16H2,1H3,(H,17,19). The second-order valence-electron chi connectivity index (χ2n) is 5.20. The van der Waals surface area contributed by atoms with E-state index < -0.39 is 0 Å². The molecule has 1 fully saturated rings. The summed E-state index contributed by atoms with van der Waals surface area (Å²) in [5, 5.41) is 12.4. The number of nitrogen functional groups attached to an aromatic ring is 1. The van der Waals surface area contributed by atoms with Crippen LogP contribution >= 0.6 is 0 Å². The molecule has 2 atom stereocenters. The summed E-state index contributed by atoms with van der Waals surface area (Å²) < 4.78 is 5.45. The number of rotatable bonds is 5. The lowest BCUT2D eigenvalue weighted by Gasteiger charge is -2.14. The van der Waals surface area contributed by atoms with E-state index in [4.69, 9.17) is 10.5 Å². The van der Waals surface area contributed by atoms with E-state index in [1.807, 2.05) is 6.92 Å². The largest absolute Gasteiger partial charge is 0.493 e. The van der Waals surface area contributed by atoms with Gasteiger partial charge in [0.2, 0.25) is 0 Å². The van der Waals surface area contributed by atoms with Crippen molar-refractivity contribution in [2.24, 2.45) is 5.92 Å². The van der Waals surface area contributed by atoms with E-state index in [1.165, 1.54) is 0 Å². The molecule has 0 radical (unpaired) electrons. The predicted molar refractivity (Wildman–Crippen MR) is 77.7 cm³/mol. The summed E-state index contributed by atoms with van der Waals surface area (Å²) in [6.07, 6.45) is 2.29. The van der Waals surface area contributed by atoms with Crippen molar-refractivity contribution in [2.75, 3.05) is 18.9 Å². The second-order valence-corrected chi connectivity index (χ2v) is 5.20. The van der Waals surface area contributed by atoms with Gasteiger partial charge in [-0.25, -0.2) is 0 Å². The first kappa shape index (κ1) is 14.7. The highest BCUT2D eigenvalue weighted by atomic mass is 16.5. The molecule has 110 valence electrons. The molecule has 0 heterocycles. The maximum Gasteiger partial charge on any atom is 0.257 e. The molecule has 0 bridgehead atoms. The quantitative estimate of drug-likeness (QED) is 0.714. The highest BCUT2D eigenvalue weighted by molar-refractivity contribution is 6.01. The van der Waals surface area contributed by atoms with E-state index in [9.17, 15) is 9.90 Å². The van der Waals surface area contributed by atoms with Crippen LogP contribution < -0.4 is 15.8 Å². The molecule has 2 unspecified atom stereocenters. The number of aliphatic hydroxyl groups is 1. The van der Waals surface area contributed by atoms with Crippen LogP contribution in [0.5, 0.6) is 5.75 Å². The molecule has 1 amide bonds. The number of anilines is 1. The van der Waals surface area contributed by atoms with Crippen LogP contribution in [0.1, 0.15) is 36.5 Å². The molecule has 20 heavy (non-hydrogen) atoms. The molecule has 4 N–H and O–H groups in total. The molecule has 1 aromatic carbocycles. The molecule has 1 aliphatic carbocycles. The van der Waals surface area contributed by atoms with Crippen LogP contribution in [0.4, 0.5) is 5.69 Å². The van der Waals surface area contributed by atoms with Gasteiger partial charge < -0.3 is 20.9 Å². The van der Waals surface area contributed by atoms with Crippen molar-refractivity contribution in [3.05, 3.63) is 23.8 Å². The van der Waals surface area contributed by atoms with E-state index in [2.05, 4.69) is 5.32 Å². The van der Waals surface area contributed by atoms with E-state index in [1.54, 1.807) is 18.2 Å². The van der Waals surface area contributed by atoms with Gasteiger partial charge in [-0.2, -0.15) is 0 Å². The zero-order valence-corrected chi connectivity index (χ0v) is 11.8. The first-order valence-corrected chi connectivity index (χ1v) is 7.09. The maximum absolute atomic E-state index is 12.3. The van der Waals surface area contributed by atoms with Gasteiger partial charge in [-0.05, 0) is 44.2 Å². The first-order valence-electron chi connectivity index (χ1n) is 7.09. The summed E-state index contributed by atoms with van der Waals surface area (Å²) >= 11 is 0.